The molecule has 0 radical (unpaired) electrons. The van der Waals surface area contributed by atoms with Crippen LogP contribution in [0.4, 0.5) is 4.79 Å². The van der Waals surface area contributed by atoms with E-state index < -0.39 is 41.1 Å². The van der Waals surface area contributed by atoms with Crippen molar-refractivity contribution in [1.82, 2.24) is 10.2 Å². The summed E-state index contributed by atoms with van der Waals surface area (Å²) in [7, 11) is 2.97. The van der Waals surface area contributed by atoms with Crippen molar-refractivity contribution >= 4 is 23.8 Å². The van der Waals surface area contributed by atoms with Crippen molar-refractivity contribution in [2.45, 2.75) is 77.5 Å². The summed E-state index contributed by atoms with van der Waals surface area (Å²) in [4.78, 5) is 55.3. The average molecular weight is 705 g/mol. The summed E-state index contributed by atoms with van der Waals surface area (Å²) in [6.07, 6.45) is -0.500. The van der Waals surface area contributed by atoms with Crippen molar-refractivity contribution in [3.8, 4) is 17.2 Å². The second-order valence-electron chi connectivity index (χ2n) is 14.4. The predicted octanol–water partition coefficient (Wildman–Crippen LogP) is 6.27. The SMILES string of the molecule is COCOc1ccc(OC)cc1C(=O)c1ccc(C(=O)O[C@@H]2CCCN(C(=O)OC(C)(C)C)C[C@H]2NC(=O)c2ccc(O)c(C(C)(C)C)c2)cc1. The van der Waals surface area contributed by atoms with Crippen LogP contribution in [0.1, 0.15) is 96.6 Å². The van der Waals surface area contributed by atoms with E-state index in [9.17, 15) is 24.3 Å². The van der Waals surface area contributed by atoms with Crippen LogP contribution in [0.15, 0.2) is 60.7 Å². The lowest BCUT2D eigenvalue weighted by Crippen LogP contribution is -2.51. The Labute approximate surface area is 299 Å². The van der Waals surface area contributed by atoms with Gasteiger partial charge in [-0.05, 0) is 87.6 Å². The second kappa shape index (κ2) is 16.3. The highest BCUT2D eigenvalue weighted by Crippen LogP contribution is 2.32. The highest BCUT2D eigenvalue weighted by molar-refractivity contribution is 6.11. The number of amides is 2. The lowest BCUT2D eigenvalue weighted by Gasteiger charge is -2.31. The van der Waals surface area contributed by atoms with Gasteiger partial charge in [-0.25, -0.2) is 9.59 Å². The number of likely N-dealkylation sites (tertiary alicyclic amines) is 1. The van der Waals surface area contributed by atoms with Gasteiger partial charge in [0, 0.05) is 36.9 Å². The molecule has 12 heteroatoms. The van der Waals surface area contributed by atoms with E-state index in [4.69, 9.17) is 23.7 Å². The number of nitrogens with one attached hydrogen (secondary N) is 1. The Balaban J connectivity index is 1.57. The van der Waals surface area contributed by atoms with Gasteiger partial charge in [0.05, 0.1) is 24.3 Å². The fourth-order valence-corrected chi connectivity index (χ4v) is 5.61. The predicted molar refractivity (Wildman–Crippen MR) is 190 cm³/mol. The summed E-state index contributed by atoms with van der Waals surface area (Å²) in [5, 5.41) is 13.4. The second-order valence-corrected chi connectivity index (χ2v) is 14.4. The standard InChI is InChI=1S/C39H48N2O10/c1-38(2,3)29-20-26(15-17-31(29)42)35(44)40-30-22-41(37(46)51-39(4,5)6)19-9-10-33(30)50-36(45)25-13-11-24(12-14-25)34(43)28-21-27(48-8)16-18-32(28)49-23-47-7/h11-18,20-21,30,33,42H,9-10,19,22-23H2,1-8H3,(H,40,44)/t30-,33-/m1/s1. The van der Waals surface area contributed by atoms with Crippen LogP contribution in [0, 0.1) is 0 Å². The van der Waals surface area contributed by atoms with Gasteiger partial charge in [0.15, 0.2) is 12.6 Å². The molecule has 2 N–H and O–H groups in total. The number of carbonyl (C=O) groups excluding carboxylic acids is 4. The van der Waals surface area contributed by atoms with Crippen molar-refractivity contribution in [2.75, 3.05) is 34.1 Å². The van der Waals surface area contributed by atoms with Gasteiger partial charge in [-0.2, -0.15) is 0 Å². The van der Waals surface area contributed by atoms with E-state index in [2.05, 4.69) is 5.32 Å². The average Bonchev–Trinajstić information content (AvgIpc) is 3.27. The van der Waals surface area contributed by atoms with Crippen LogP contribution in [0.5, 0.6) is 17.2 Å². The van der Waals surface area contributed by atoms with Crippen molar-refractivity contribution in [3.05, 3.63) is 88.5 Å². The fourth-order valence-electron chi connectivity index (χ4n) is 5.61. The van der Waals surface area contributed by atoms with Gasteiger partial charge in [-0.1, -0.05) is 32.9 Å². The number of carbonyl (C=O) groups is 4. The quantitative estimate of drug-likeness (QED) is 0.141. The van der Waals surface area contributed by atoms with Crippen LogP contribution in [-0.2, 0) is 19.6 Å². The molecule has 1 saturated heterocycles. The monoisotopic (exact) mass is 704 g/mol. The number of esters is 1. The van der Waals surface area contributed by atoms with Gasteiger partial charge in [0.2, 0.25) is 0 Å². The molecule has 2 amide bonds. The highest BCUT2D eigenvalue weighted by atomic mass is 16.7. The maximum atomic E-state index is 13.6. The minimum atomic E-state index is -0.799. The number of hydrogen-bond acceptors (Lipinski definition) is 10. The van der Waals surface area contributed by atoms with Gasteiger partial charge < -0.3 is 39.0 Å². The number of phenolic OH excluding ortho intramolecular Hbond substituents is 1. The molecule has 0 aliphatic carbocycles. The Kier molecular flexibility index (Phi) is 12.4. The number of hydrogen-bond donors (Lipinski definition) is 2. The molecule has 3 aromatic carbocycles. The van der Waals surface area contributed by atoms with E-state index in [1.165, 1.54) is 55.5 Å². The van der Waals surface area contributed by atoms with Gasteiger partial charge in [-0.15, -0.1) is 0 Å². The first-order valence-corrected chi connectivity index (χ1v) is 16.8. The summed E-state index contributed by atoms with van der Waals surface area (Å²) >= 11 is 0. The molecule has 0 unspecified atom stereocenters. The lowest BCUT2D eigenvalue weighted by atomic mass is 9.85. The Morgan fingerprint density at radius 1 is 0.882 bits per heavy atom. The normalized spacial score (nSPS) is 16.4. The molecule has 3 aromatic rings. The van der Waals surface area contributed by atoms with Crippen LogP contribution in [0.25, 0.3) is 0 Å². The third kappa shape index (κ3) is 10.2. The first-order chi connectivity index (χ1) is 24.0. The van der Waals surface area contributed by atoms with Crippen LogP contribution >= 0.6 is 0 Å². The Morgan fingerprint density at radius 2 is 1.55 bits per heavy atom. The summed E-state index contributed by atoms with van der Waals surface area (Å²) < 4.78 is 27.5. The Morgan fingerprint density at radius 3 is 2.18 bits per heavy atom. The number of aromatic hydroxyl groups is 1. The van der Waals surface area contributed by atoms with E-state index >= 15 is 0 Å². The minimum Gasteiger partial charge on any atom is -0.508 e. The molecule has 1 heterocycles. The molecule has 12 nitrogen and oxygen atoms in total. The zero-order valence-electron chi connectivity index (χ0n) is 30.5. The van der Waals surface area contributed by atoms with Gasteiger partial charge >= 0.3 is 12.1 Å². The van der Waals surface area contributed by atoms with E-state index in [1.54, 1.807) is 45.0 Å². The molecule has 0 saturated carbocycles. The number of rotatable bonds is 10. The van der Waals surface area contributed by atoms with Gasteiger partial charge in [0.1, 0.15) is 29.0 Å². The van der Waals surface area contributed by atoms with Gasteiger partial charge in [0.25, 0.3) is 5.91 Å². The molecular formula is C39H48N2O10. The van der Waals surface area contributed by atoms with Crippen molar-refractivity contribution in [3.63, 3.8) is 0 Å². The molecule has 0 aromatic heterocycles. The highest BCUT2D eigenvalue weighted by Gasteiger charge is 2.35. The van der Waals surface area contributed by atoms with Crippen LogP contribution in [0.3, 0.4) is 0 Å². The van der Waals surface area contributed by atoms with Crippen LogP contribution in [0.2, 0.25) is 0 Å². The maximum absolute atomic E-state index is 13.6. The Bertz CT molecular complexity index is 1720. The van der Waals surface area contributed by atoms with Crippen molar-refractivity contribution in [2.24, 2.45) is 0 Å². The summed E-state index contributed by atoms with van der Waals surface area (Å²) in [5.41, 5.74) is 0.503. The Hall–Kier alpha value is -5.10. The number of methoxy groups -OCH3 is 2. The number of benzene rings is 3. The molecule has 0 spiro atoms. The van der Waals surface area contributed by atoms with Crippen molar-refractivity contribution < 1.29 is 48.0 Å². The number of nitrogens with zero attached hydrogens (tertiary/aromatic N) is 1. The lowest BCUT2D eigenvalue weighted by molar-refractivity contribution is 0.0127. The third-order valence-corrected chi connectivity index (χ3v) is 8.22. The smallest absolute Gasteiger partial charge is 0.410 e. The summed E-state index contributed by atoms with van der Waals surface area (Å²) in [6, 6.07) is 14.7. The molecule has 2 atom stereocenters. The third-order valence-electron chi connectivity index (χ3n) is 8.22. The van der Waals surface area contributed by atoms with E-state index in [1.807, 2.05) is 20.8 Å². The number of ether oxygens (including phenoxy) is 5. The molecule has 1 fully saturated rings. The minimum absolute atomic E-state index is 0.0320. The fraction of sp³-hybridized carbons (Fsp3) is 0.436. The molecular weight excluding hydrogens is 656 g/mol. The van der Waals surface area contributed by atoms with Crippen LogP contribution < -0.4 is 14.8 Å². The van der Waals surface area contributed by atoms with Gasteiger partial charge in [-0.3, -0.25) is 9.59 Å². The van der Waals surface area contributed by atoms with Crippen molar-refractivity contribution in [1.29, 1.82) is 0 Å². The molecule has 1 aliphatic rings. The first kappa shape index (κ1) is 38.7. The molecule has 51 heavy (non-hydrogen) atoms. The van der Waals surface area contributed by atoms with Crippen LogP contribution in [-0.4, -0.2) is 85.6 Å². The molecule has 274 valence electrons. The molecule has 4 rings (SSSR count). The summed E-state index contributed by atoms with van der Waals surface area (Å²) in [5.74, 6) is -0.598. The van der Waals surface area contributed by atoms with E-state index in [-0.39, 0.29) is 36.0 Å². The molecule has 0 bridgehead atoms. The molecule has 1 aliphatic heterocycles. The number of ketones is 1. The van der Waals surface area contributed by atoms with E-state index in [0.29, 0.717) is 47.6 Å². The zero-order valence-corrected chi connectivity index (χ0v) is 30.5. The van der Waals surface area contributed by atoms with E-state index in [0.717, 1.165) is 0 Å². The number of phenols is 1. The zero-order chi connectivity index (χ0) is 37.5. The summed E-state index contributed by atoms with van der Waals surface area (Å²) in [6.45, 7) is 11.4. The first-order valence-electron chi connectivity index (χ1n) is 16.8. The largest absolute Gasteiger partial charge is 0.508 e. The maximum Gasteiger partial charge on any atom is 0.410 e. The topological polar surface area (TPSA) is 150 Å².